The Morgan fingerprint density at radius 2 is 1.77 bits per heavy atom. The zero-order valence-corrected chi connectivity index (χ0v) is 9.30. The number of ether oxygens (including phenoxy) is 1. The van der Waals surface area contributed by atoms with Gasteiger partial charge < -0.3 is 4.74 Å². The molecule has 0 aromatic heterocycles. The molecule has 1 N–H and O–H groups in total. The molecule has 0 atom stereocenters. The van der Waals surface area contributed by atoms with Gasteiger partial charge in [0.05, 0.1) is 19.8 Å². The summed E-state index contributed by atoms with van der Waals surface area (Å²) >= 11 is 0. The van der Waals surface area contributed by atoms with Crippen molar-refractivity contribution in [2.75, 3.05) is 33.5 Å². The maximum atomic E-state index is 11.7. The first kappa shape index (κ1) is 13.1. The van der Waals surface area contributed by atoms with Gasteiger partial charge in [0.25, 0.3) is 0 Å². The second kappa shape index (κ2) is 7.47. The van der Waals surface area contributed by atoms with Gasteiger partial charge in [-0.25, -0.2) is 9.65 Å². The molecule has 0 saturated heterocycles. The van der Waals surface area contributed by atoms with Gasteiger partial charge in [0.2, 0.25) is 0 Å². The maximum Gasteiger partial charge on any atom is 0.405 e. The molecule has 0 aromatic rings. The van der Waals surface area contributed by atoms with Crippen molar-refractivity contribution in [3.63, 3.8) is 0 Å². The molecule has 0 amide bonds. The summed E-state index contributed by atoms with van der Waals surface area (Å²) < 4.78 is 26.4. The van der Waals surface area contributed by atoms with Crippen molar-refractivity contribution in [2.45, 2.75) is 13.8 Å². The van der Waals surface area contributed by atoms with Crippen LogP contribution >= 0.6 is 7.75 Å². The van der Waals surface area contributed by atoms with E-state index in [1.807, 2.05) is 0 Å². The van der Waals surface area contributed by atoms with E-state index in [0.717, 1.165) is 0 Å². The van der Waals surface area contributed by atoms with E-state index in [2.05, 4.69) is 5.09 Å². The molecule has 13 heavy (non-hydrogen) atoms. The average molecular weight is 211 g/mol. The molecule has 0 heterocycles. The summed E-state index contributed by atoms with van der Waals surface area (Å²) in [5.41, 5.74) is 0. The Morgan fingerprint density at radius 1 is 1.23 bits per heavy atom. The van der Waals surface area contributed by atoms with Crippen LogP contribution < -0.4 is 5.09 Å². The Balaban J connectivity index is 3.85. The fourth-order valence-corrected chi connectivity index (χ4v) is 2.06. The lowest BCUT2D eigenvalue weighted by molar-refractivity contribution is 0.186. The highest BCUT2D eigenvalue weighted by Gasteiger charge is 2.21. The third-order valence-corrected chi connectivity index (χ3v) is 3.02. The summed E-state index contributed by atoms with van der Waals surface area (Å²) in [6, 6.07) is 0. The van der Waals surface area contributed by atoms with Crippen molar-refractivity contribution in [1.82, 2.24) is 5.09 Å². The van der Waals surface area contributed by atoms with Gasteiger partial charge in [-0.3, -0.25) is 9.05 Å². The lowest BCUT2D eigenvalue weighted by atomic mass is 10.7. The second-order valence-electron chi connectivity index (χ2n) is 2.23. The molecule has 0 aliphatic carbocycles. The Hall–Kier alpha value is 0.0700. The number of rotatable bonds is 8. The molecule has 0 aromatic carbocycles. The van der Waals surface area contributed by atoms with E-state index < -0.39 is 7.75 Å². The Kier molecular flexibility index (Phi) is 7.51. The molecule has 0 fully saturated rings. The van der Waals surface area contributed by atoms with E-state index in [1.54, 1.807) is 21.0 Å². The normalized spacial score (nSPS) is 11.9. The van der Waals surface area contributed by atoms with E-state index in [4.69, 9.17) is 13.8 Å². The summed E-state index contributed by atoms with van der Waals surface area (Å²) in [4.78, 5) is 0. The van der Waals surface area contributed by atoms with E-state index in [1.165, 1.54) is 0 Å². The van der Waals surface area contributed by atoms with E-state index >= 15 is 0 Å². The van der Waals surface area contributed by atoms with Gasteiger partial charge in [-0.2, -0.15) is 0 Å². The number of hydrogen-bond donors (Lipinski definition) is 1. The average Bonchev–Trinajstić information content (AvgIpc) is 2.05. The minimum absolute atomic E-state index is 0.358. The van der Waals surface area contributed by atoms with Crippen molar-refractivity contribution in [1.29, 1.82) is 0 Å². The quantitative estimate of drug-likeness (QED) is 0.486. The first-order valence-electron chi connectivity index (χ1n) is 4.31. The zero-order valence-electron chi connectivity index (χ0n) is 8.41. The van der Waals surface area contributed by atoms with Gasteiger partial charge in [-0.05, 0) is 13.8 Å². The number of methoxy groups -OCH3 is 1. The number of nitrogens with one attached hydrogen (secondary N) is 1. The van der Waals surface area contributed by atoms with Crippen LogP contribution in [0.25, 0.3) is 0 Å². The highest BCUT2D eigenvalue weighted by molar-refractivity contribution is 7.51. The number of hydrogen-bond acceptors (Lipinski definition) is 4. The van der Waals surface area contributed by atoms with E-state index in [9.17, 15) is 4.57 Å². The molecule has 0 bridgehead atoms. The fourth-order valence-electron chi connectivity index (χ4n) is 0.753. The molecule has 0 unspecified atom stereocenters. The lowest BCUT2D eigenvalue weighted by Gasteiger charge is -2.17. The van der Waals surface area contributed by atoms with Gasteiger partial charge in [0.1, 0.15) is 0 Å². The Bertz CT molecular complexity index is 155. The second-order valence-corrected chi connectivity index (χ2v) is 4.06. The first-order chi connectivity index (χ1) is 6.18. The minimum Gasteiger partial charge on any atom is -0.383 e. The topological polar surface area (TPSA) is 56.8 Å². The van der Waals surface area contributed by atoms with Crippen LogP contribution in [-0.4, -0.2) is 33.5 Å². The van der Waals surface area contributed by atoms with Crippen LogP contribution in [0.2, 0.25) is 0 Å². The predicted molar refractivity (Wildman–Crippen MR) is 50.7 cm³/mol. The van der Waals surface area contributed by atoms with Crippen LogP contribution in [-0.2, 0) is 18.3 Å². The molecule has 0 rings (SSSR count). The van der Waals surface area contributed by atoms with Crippen LogP contribution in [0.5, 0.6) is 0 Å². The van der Waals surface area contributed by atoms with Gasteiger partial charge in [0.15, 0.2) is 0 Å². The molecular formula is C7H18NO4P. The molecule has 0 radical (unpaired) electrons. The van der Waals surface area contributed by atoms with Crippen molar-refractivity contribution in [3.8, 4) is 0 Å². The van der Waals surface area contributed by atoms with Crippen molar-refractivity contribution in [3.05, 3.63) is 0 Å². The van der Waals surface area contributed by atoms with Crippen LogP contribution in [0.15, 0.2) is 0 Å². The highest BCUT2D eigenvalue weighted by atomic mass is 31.2. The van der Waals surface area contributed by atoms with Gasteiger partial charge in [0, 0.05) is 13.7 Å². The van der Waals surface area contributed by atoms with Crippen molar-refractivity contribution in [2.24, 2.45) is 0 Å². The van der Waals surface area contributed by atoms with Gasteiger partial charge in [-0.1, -0.05) is 0 Å². The summed E-state index contributed by atoms with van der Waals surface area (Å²) in [6.07, 6.45) is 0. The van der Waals surface area contributed by atoms with Crippen molar-refractivity contribution < 1.29 is 18.3 Å². The third-order valence-electron chi connectivity index (χ3n) is 1.21. The van der Waals surface area contributed by atoms with Crippen molar-refractivity contribution >= 4 is 7.75 Å². The molecule has 6 heteroatoms. The zero-order chi connectivity index (χ0) is 10.2. The minimum atomic E-state index is -3.08. The van der Waals surface area contributed by atoms with Gasteiger partial charge >= 0.3 is 7.75 Å². The fraction of sp³-hybridized carbons (Fsp3) is 1.00. The lowest BCUT2D eigenvalue weighted by Crippen LogP contribution is -2.19. The third kappa shape index (κ3) is 6.18. The first-order valence-corrected chi connectivity index (χ1v) is 5.86. The molecule has 80 valence electrons. The predicted octanol–water partition coefficient (Wildman–Crippen LogP) is 1.40. The maximum absolute atomic E-state index is 11.7. The SMILES string of the molecule is CCOP(=O)(NCCOC)OCC. The van der Waals surface area contributed by atoms with Crippen LogP contribution in [0.3, 0.4) is 0 Å². The Labute approximate surface area is 79.3 Å². The summed E-state index contributed by atoms with van der Waals surface area (Å²) in [6.45, 7) is 5.18. The molecule has 0 aliphatic rings. The molecule has 0 saturated carbocycles. The van der Waals surface area contributed by atoms with E-state index in [0.29, 0.717) is 26.4 Å². The smallest absolute Gasteiger partial charge is 0.383 e. The molecular weight excluding hydrogens is 193 g/mol. The summed E-state index contributed by atoms with van der Waals surface area (Å²) in [7, 11) is -1.50. The molecule has 0 spiro atoms. The van der Waals surface area contributed by atoms with E-state index in [-0.39, 0.29) is 0 Å². The standard InChI is InChI=1S/C7H18NO4P/c1-4-11-13(9,12-5-2)8-6-7-10-3/h4-7H2,1-3H3,(H,8,9). The van der Waals surface area contributed by atoms with Crippen LogP contribution in [0.1, 0.15) is 13.8 Å². The summed E-state index contributed by atoms with van der Waals surface area (Å²) in [5.74, 6) is 0. The van der Waals surface area contributed by atoms with Gasteiger partial charge in [-0.15, -0.1) is 0 Å². The van der Waals surface area contributed by atoms with Crippen LogP contribution in [0, 0.1) is 0 Å². The largest absolute Gasteiger partial charge is 0.405 e. The molecule has 5 nitrogen and oxygen atoms in total. The monoisotopic (exact) mass is 211 g/mol. The summed E-state index contributed by atoms with van der Waals surface area (Å²) in [5, 5.41) is 2.68. The van der Waals surface area contributed by atoms with Crippen LogP contribution in [0.4, 0.5) is 0 Å². The molecule has 0 aliphatic heterocycles. The Morgan fingerprint density at radius 3 is 2.15 bits per heavy atom. The highest BCUT2D eigenvalue weighted by Crippen LogP contribution is 2.42.